The number of aryl methyl sites for hydroxylation is 1. The number of pyridine rings is 1. The lowest BCUT2D eigenvalue weighted by atomic mass is 9.74. The van der Waals surface area contributed by atoms with E-state index in [1.807, 2.05) is 12.4 Å². The zero-order chi connectivity index (χ0) is 14.7. The lowest BCUT2D eigenvalue weighted by Gasteiger charge is -2.33. The molecule has 0 amide bonds. The number of hydrogen-bond acceptors (Lipinski definition) is 2. The van der Waals surface area contributed by atoms with Crippen molar-refractivity contribution in [2.45, 2.75) is 45.1 Å². The fraction of sp³-hybridized carbons (Fsp3) is 0.421. The van der Waals surface area contributed by atoms with Gasteiger partial charge in [-0.3, -0.25) is 4.98 Å². The molecule has 0 saturated heterocycles. The third-order valence-electron chi connectivity index (χ3n) is 4.42. The lowest BCUT2D eigenvalue weighted by Crippen LogP contribution is -2.28. The molecule has 1 aromatic carbocycles. The van der Waals surface area contributed by atoms with E-state index < -0.39 is 0 Å². The first-order valence-electron chi connectivity index (χ1n) is 8.00. The second-order valence-corrected chi connectivity index (χ2v) is 6.14. The first-order chi connectivity index (χ1) is 10.3. The Morgan fingerprint density at radius 3 is 2.90 bits per heavy atom. The molecule has 3 rings (SSSR count). The minimum absolute atomic E-state index is 0.413. The van der Waals surface area contributed by atoms with Crippen molar-refractivity contribution in [1.82, 2.24) is 10.3 Å². The van der Waals surface area contributed by atoms with E-state index in [0.717, 1.165) is 13.0 Å². The summed E-state index contributed by atoms with van der Waals surface area (Å²) >= 11 is 0. The van der Waals surface area contributed by atoms with Crippen LogP contribution in [0.5, 0.6) is 0 Å². The summed E-state index contributed by atoms with van der Waals surface area (Å²) in [5.74, 6) is 0.691. The molecule has 0 aliphatic heterocycles. The molecule has 1 aromatic heterocycles. The molecule has 1 aliphatic rings. The Bertz CT molecular complexity index is 606. The maximum atomic E-state index is 4.37. The van der Waals surface area contributed by atoms with Crippen LogP contribution in [0.2, 0.25) is 0 Å². The Labute approximate surface area is 127 Å². The van der Waals surface area contributed by atoms with Gasteiger partial charge in [0.2, 0.25) is 0 Å². The van der Waals surface area contributed by atoms with Crippen LogP contribution in [0, 0.1) is 6.92 Å². The fourth-order valence-corrected chi connectivity index (χ4v) is 3.28. The minimum atomic E-state index is 0.413. The van der Waals surface area contributed by atoms with Gasteiger partial charge in [-0.2, -0.15) is 0 Å². The molecular formula is C19H24N2. The average Bonchev–Trinajstić information content (AvgIpc) is 2.48. The van der Waals surface area contributed by atoms with E-state index in [0.29, 0.717) is 12.0 Å². The van der Waals surface area contributed by atoms with E-state index in [1.54, 1.807) is 5.56 Å². The standard InChI is InChI=1S/C19H24N2/c1-3-8-21-19(17-9-14(2)12-20-13-17)11-16-10-15-6-4-5-7-18(15)16/h4-7,9,12-13,16,19,21H,3,8,10-11H2,1-2H3. The molecule has 2 nitrogen and oxygen atoms in total. The topological polar surface area (TPSA) is 24.9 Å². The van der Waals surface area contributed by atoms with Crippen molar-refractivity contribution in [3.8, 4) is 0 Å². The Morgan fingerprint density at radius 2 is 2.14 bits per heavy atom. The summed E-state index contributed by atoms with van der Waals surface area (Å²) in [6.45, 7) is 5.40. The predicted molar refractivity (Wildman–Crippen MR) is 87.5 cm³/mol. The molecule has 2 atom stereocenters. The molecule has 1 N–H and O–H groups in total. The van der Waals surface area contributed by atoms with Gasteiger partial charge in [0.1, 0.15) is 0 Å². The van der Waals surface area contributed by atoms with Gasteiger partial charge in [-0.05, 0) is 60.9 Å². The highest BCUT2D eigenvalue weighted by Gasteiger charge is 2.28. The van der Waals surface area contributed by atoms with Crippen molar-refractivity contribution in [3.63, 3.8) is 0 Å². The van der Waals surface area contributed by atoms with Gasteiger partial charge in [-0.1, -0.05) is 37.3 Å². The van der Waals surface area contributed by atoms with Gasteiger partial charge in [0, 0.05) is 18.4 Å². The van der Waals surface area contributed by atoms with Crippen LogP contribution in [-0.2, 0) is 6.42 Å². The molecule has 0 saturated carbocycles. The Hall–Kier alpha value is -1.67. The smallest absolute Gasteiger partial charge is 0.0341 e. The van der Waals surface area contributed by atoms with Gasteiger partial charge in [-0.25, -0.2) is 0 Å². The molecule has 110 valence electrons. The number of nitrogens with zero attached hydrogens (tertiary/aromatic N) is 1. The maximum absolute atomic E-state index is 4.37. The quantitative estimate of drug-likeness (QED) is 0.859. The highest BCUT2D eigenvalue weighted by molar-refractivity contribution is 5.40. The van der Waals surface area contributed by atoms with Crippen molar-refractivity contribution in [2.75, 3.05) is 6.54 Å². The SMILES string of the molecule is CCCNC(CC1Cc2ccccc21)c1cncc(C)c1. The lowest BCUT2D eigenvalue weighted by molar-refractivity contribution is 0.427. The third kappa shape index (κ3) is 3.16. The van der Waals surface area contributed by atoms with E-state index in [-0.39, 0.29) is 0 Å². The number of nitrogens with one attached hydrogen (secondary N) is 1. The van der Waals surface area contributed by atoms with Crippen molar-refractivity contribution >= 4 is 0 Å². The van der Waals surface area contributed by atoms with Crippen molar-refractivity contribution in [2.24, 2.45) is 0 Å². The van der Waals surface area contributed by atoms with Gasteiger partial charge in [0.15, 0.2) is 0 Å². The number of aromatic nitrogens is 1. The predicted octanol–water partition coefficient (Wildman–Crippen LogP) is 4.16. The van der Waals surface area contributed by atoms with E-state index in [2.05, 4.69) is 54.5 Å². The average molecular weight is 280 g/mol. The second-order valence-electron chi connectivity index (χ2n) is 6.14. The Balaban J connectivity index is 1.75. The maximum Gasteiger partial charge on any atom is 0.0341 e. The Kier molecular flexibility index (Phi) is 4.35. The highest BCUT2D eigenvalue weighted by atomic mass is 14.9. The van der Waals surface area contributed by atoms with Crippen molar-refractivity contribution in [1.29, 1.82) is 0 Å². The van der Waals surface area contributed by atoms with Gasteiger partial charge in [0.05, 0.1) is 0 Å². The van der Waals surface area contributed by atoms with E-state index in [4.69, 9.17) is 0 Å². The monoisotopic (exact) mass is 280 g/mol. The zero-order valence-electron chi connectivity index (χ0n) is 13.0. The van der Waals surface area contributed by atoms with Crippen LogP contribution in [0.25, 0.3) is 0 Å². The molecule has 1 heterocycles. The van der Waals surface area contributed by atoms with Crippen LogP contribution in [0.4, 0.5) is 0 Å². The summed E-state index contributed by atoms with van der Waals surface area (Å²) in [6, 6.07) is 11.5. The van der Waals surface area contributed by atoms with E-state index >= 15 is 0 Å². The first kappa shape index (κ1) is 14.3. The van der Waals surface area contributed by atoms with Crippen LogP contribution >= 0.6 is 0 Å². The largest absolute Gasteiger partial charge is 0.310 e. The summed E-state index contributed by atoms with van der Waals surface area (Å²) in [6.07, 6.45) is 7.50. The summed E-state index contributed by atoms with van der Waals surface area (Å²) in [5.41, 5.74) is 5.64. The van der Waals surface area contributed by atoms with Crippen molar-refractivity contribution < 1.29 is 0 Å². The molecule has 2 heteroatoms. The summed E-state index contributed by atoms with van der Waals surface area (Å²) in [4.78, 5) is 4.37. The molecule has 2 aromatic rings. The van der Waals surface area contributed by atoms with E-state index in [1.165, 1.54) is 29.5 Å². The summed E-state index contributed by atoms with van der Waals surface area (Å²) < 4.78 is 0. The van der Waals surface area contributed by atoms with Gasteiger partial charge in [0.25, 0.3) is 0 Å². The van der Waals surface area contributed by atoms with Gasteiger partial charge < -0.3 is 5.32 Å². The van der Waals surface area contributed by atoms with E-state index in [9.17, 15) is 0 Å². The van der Waals surface area contributed by atoms with Crippen LogP contribution in [0.3, 0.4) is 0 Å². The molecule has 0 radical (unpaired) electrons. The number of benzene rings is 1. The Morgan fingerprint density at radius 1 is 1.29 bits per heavy atom. The fourth-order valence-electron chi connectivity index (χ4n) is 3.28. The van der Waals surface area contributed by atoms with Crippen molar-refractivity contribution in [3.05, 3.63) is 65.0 Å². The van der Waals surface area contributed by atoms with Crippen LogP contribution in [0.15, 0.2) is 42.7 Å². The number of rotatable bonds is 6. The normalized spacial score (nSPS) is 17.9. The molecule has 0 bridgehead atoms. The van der Waals surface area contributed by atoms with Crippen LogP contribution in [0.1, 0.15) is 54.0 Å². The molecule has 21 heavy (non-hydrogen) atoms. The van der Waals surface area contributed by atoms with Crippen LogP contribution < -0.4 is 5.32 Å². The first-order valence-corrected chi connectivity index (χ1v) is 8.00. The summed E-state index contributed by atoms with van der Waals surface area (Å²) in [7, 11) is 0. The third-order valence-corrected chi connectivity index (χ3v) is 4.42. The number of fused-ring (bicyclic) bond motifs is 1. The van der Waals surface area contributed by atoms with Gasteiger partial charge in [-0.15, -0.1) is 0 Å². The second kappa shape index (κ2) is 6.40. The van der Waals surface area contributed by atoms with Gasteiger partial charge >= 0.3 is 0 Å². The minimum Gasteiger partial charge on any atom is -0.310 e. The summed E-state index contributed by atoms with van der Waals surface area (Å²) in [5, 5.41) is 3.70. The molecule has 0 spiro atoms. The molecule has 0 fully saturated rings. The van der Waals surface area contributed by atoms with Crippen LogP contribution in [-0.4, -0.2) is 11.5 Å². The highest BCUT2D eigenvalue weighted by Crippen LogP contribution is 2.40. The molecule has 2 unspecified atom stereocenters. The zero-order valence-corrected chi connectivity index (χ0v) is 13.0. The number of hydrogen-bond donors (Lipinski definition) is 1. The molecular weight excluding hydrogens is 256 g/mol. The molecule has 1 aliphatic carbocycles.